The van der Waals surface area contributed by atoms with Gasteiger partial charge in [-0.3, -0.25) is 0 Å². The van der Waals surface area contributed by atoms with Gasteiger partial charge in [0.2, 0.25) is 0 Å². The maximum atomic E-state index is 10.9. The molecule has 0 bridgehead atoms. The Morgan fingerprint density at radius 1 is 1.17 bits per heavy atom. The van der Waals surface area contributed by atoms with Crippen molar-refractivity contribution in [3.63, 3.8) is 0 Å². The lowest BCUT2D eigenvalue weighted by Crippen LogP contribution is -1.96. The number of aromatic carboxylic acids is 1. The van der Waals surface area contributed by atoms with Crippen LogP contribution in [0.1, 0.15) is 15.9 Å². The molecular formula is C14H11BrO2S. The Hall–Kier alpha value is -1.26. The van der Waals surface area contributed by atoms with Gasteiger partial charge in [-0.1, -0.05) is 46.3 Å². The minimum atomic E-state index is -0.905. The molecule has 2 aromatic carbocycles. The third-order valence-electron chi connectivity index (χ3n) is 2.37. The summed E-state index contributed by atoms with van der Waals surface area (Å²) in [7, 11) is 0. The van der Waals surface area contributed by atoms with Gasteiger partial charge in [0.05, 0.1) is 5.56 Å². The SMILES string of the molecule is O=C(O)c1cc(Br)cc(SCc2ccccc2)c1. The summed E-state index contributed by atoms with van der Waals surface area (Å²) in [6.45, 7) is 0. The van der Waals surface area contributed by atoms with E-state index in [0.717, 1.165) is 15.1 Å². The Morgan fingerprint density at radius 2 is 1.89 bits per heavy atom. The Morgan fingerprint density at radius 3 is 2.56 bits per heavy atom. The molecule has 0 fully saturated rings. The summed E-state index contributed by atoms with van der Waals surface area (Å²) in [5.74, 6) is -0.0750. The smallest absolute Gasteiger partial charge is 0.335 e. The fourth-order valence-electron chi connectivity index (χ4n) is 1.51. The standard InChI is InChI=1S/C14H11BrO2S/c15-12-6-11(14(16)17)7-13(8-12)18-9-10-4-2-1-3-5-10/h1-8H,9H2,(H,16,17). The number of thioether (sulfide) groups is 1. The first-order valence-electron chi connectivity index (χ1n) is 5.36. The van der Waals surface area contributed by atoms with Crippen LogP contribution in [0.4, 0.5) is 0 Å². The first-order valence-corrected chi connectivity index (χ1v) is 7.13. The zero-order valence-corrected chi connectivity index (χ0v) is 11.9. The normalized spacial score (nSPS) is 10.3. The maximum Gasteiger partial charge on any atom is 0.335 e. The number of carboxylic acids is 1. The minimum Gasteiger partial charge on any atom is -0.478 e. The van der Waals surface area contributed by atoms with Crippen LogP contribution in [0.25, 0.3) is 0 Å². The molecule has 2 nitrogen and oxygen atoms in total. The van der Waals surface area contributed by atoms with Crippen LogP contribution in [0, 0.1) is 0 Å². The number of carbonyl (C=O) groups is 1. The number of halogens is 1. The van der Waals surface area contributed by atoms with E-state index < -0.39 is 5.97 Å². The molecule has 18 heavy (non-hydrogen) atoms. The second kappa shape index (κ2) is 6.07. The molecule has 0 atom stereocenters. The van der Waals surface area contributed by atoms with E-state index >= 15 is 0 Å². The van der Waals surface area contributed by atoms with Crippen LogP contribution in [0.5, 0.6) is 0 Å². The van der Waals surface area contributed by atoms with E-state index in [1.807, 2.05) is 24.3 Å². The van der Waals surface area contributed by atoms with Gasteiger partial charge < -0.3 is 5.11 Å². The van der Waals surface area contributed by atoms with Crippen LogP contribution in [0.15, 0.2) is 57.9 Å². The second-order valence-electron chi connectivity index (χ2n) is 3.76. The van der Waals surface area contributed by atoms with Gasteiger partial charge in [-0.2, -0.15) is 0 Å². The number of rotatable bonds is 4. The van der Waals surface area contributed by atoms with Crippen LogP contribution in [0.2, 0.25) is 0 Å². The van der Waals surface area contributed by atoms with E-state index in [0.29, 0.717) is 5.56 Å². The zero-order chi connectivity index (χ0) is 13.0. The van der Waals surface area contributed by atoms with Crippen molar-refractivity contribution in [3.05, 3.63) is 64.1 Å². The summed E-state index contributed by atoms with van der Waals surface area (Å²) >= 11 is 4.96. The van der Waals surface area contributed by atoms with Crippen LogP contribution in [0.3, 0.4) is 0 Å². The molecule has 0 aliphatic carbocycles. The lowest BCUT2D eigenvalue weighted by Gasteiger charge is -2.04. The van der Waals surface area contributed by atoms with Gasteiger partial charge in [-0.05, 0) is 23.8 Å². The van der Waals surface area contributed by atoms with Crippen molar-refractivity contribution in [3.8, 4) is 0 Å². The predicted molar refractivity (Wildman–Crippen MR) is 77.1 cm³/mol. The molecule has 0 spiro atoms. The highest BCUT2D eigenvalue weighted by Gasteiger charge is 2.06. The molecule has 0 saturated carbocycles. The number of carboxylic acid groups (broad SMARTS) is 1. The molecule has 0 aromatic heterocycles. The average molecular weight is 323 g/mol. The van der Waals surface area contributed by atoms with Gasteiger partial charge in [-0.15, -0.1) is 11.8 Å². The molecule has 0 saturated heterocycles. The molecular weight excluding hydrogens is 312 g/mol. The van der Waals surface area contributed by atoms with Gasteiger partial charge in [-0.25, -0.2) is 4.79 Å². The molecule has 0 heterocycles. The highest BCUT2D eigenvalue weighted by molar-refractivity contribution is 9.10. The summed E-state index contributed by atoms with van der Waals surface area (Å²) < 4.78 is 0.790. The summed E-state index contributed by atoms with van der Waals surface area (Å²) in [6, 6.07) is 15.3. The van der Waals surface area contributed by atoms with Gasteiger partial charge in [0.15, 0.2) is 0 Å². The molecule has 4 heteroatoms. The van der Waals surface area contributed by atoms with Crippen molar-refractivity contribution < 1.29 is 9.90 Å². The van der Waals surface area contributed by atoms with Gasteiger partial charge >= 0.3 is 5.97 Å². The average Bonchev–Trinajstić information content (AvgIpc) is 2.37. The van der Waals surface area contributed by atoms with Gasteiger partial charge in [0, 0.05) is 15.1 Å². The molecule has 1 N–H and O–H groups in total. The number of hydrogen-bond donors (Lipinski definition) is 1. The summed E-state index contributed by atoms with van der Waals surface area (Å²) in [5.41, 5.74) is 1.53. The van der Waals surface area contributed by atoms with E-state index in [-0.39, 0.29) is 0 Å². The highest BCUT2D eigenvalue weighted by Crippen LogP contribution is 2.27. The summed E-state index contributed by atoms with van der Waals surface area (Å²) in [5, 5.41) is 8.99. The van der Waals surface area contributed by atoms with Crippen LogP contribution in [-0.2, 0) is 5.75 Å². The van der Waals surface area contributed by atoms with Crippen molar-refractivity contribution in [2.24, 2.45) is 0 Å². The Bertz CT molecular complexity index is 555. The van der Waals surface area contributed by atoms with E-state index in [2.05, 4.69) is 28.1 Å². The quantitative estimate of drug-likeness (QED) is 0.845. The molecule has 0 aliphatic heterocycles. The molecule has 92 valence electrons. The van der Waals surface area contributed by atoms with Crippen molar-refractivity contribution in [1.82, 2.24) is 0 Å². The maximum absolute atomic E-state index is 10.9. The fraction of sp³-hybridized carbons (Fsp3) is 0.0714. The van der Waals surface area contributed by atoms with E-state index in [9.17, 15) is 4.79 Å². The highest BCUT2D eigenvalue weighted by atomic mass is 79.9. The first-order chi connectivity index (χ1) is 8.65. The molecule has 2 aromatic rings. The Labute approximate surface area is 118 Å². The Balaban J connectivity index is 2.12. The number of hydrogen-bond acceptors (Lipinski definition) is 2. The van der Waals surface area contributed by atoms with Gasteiger partial charge in [0.25, 0.3) is 0 Å². The van der Waals surface area contributed by atoms with Crippen LogP contribution >= 0.6 is 27.7 Å². The van der Waals surface area contributed by atoms with Crippen molar-refractivity contribution in [2.75, 3.05) is 0 Å². The molecule has 2 rings (SSSR count). The zero-order valence-electron chi connectivity index (χ0n) is 9.47. The largest absolute Gasteiger partial charge is 0.478 e. The third kappa shape index (κ3) is 3.62. The summed E-state index contributed by atoms with van der Waals surface area (Å²) in [6.07, 6.45) is 0. The van der Waals surface area contributed by atoms with Crippen LogP contribution < -0.4 is 0 Å². The topological polar surface area (TPSA) is 37.3 Å². The van der Waals surface area contributed by atoms with Crippen LogP contribution in [-0.4, -0.2) is 11.1 Å². The predicted octanol–water partition coefficient (Wildman–Crippen LogP) is 4.44. The van der Waals surface area contributed by atoms with Crippen molar-refractivity contribution >= 4 is 33.7 Å². The molecule has 0 aliphatic rings. The third-order valence-corrected chi connectivity index (χ3v) is 3.87. The fourth-order valence-corrected chi connectivity index (χ4v) is 3.10. The molecule has 0 radical (unpaired) electrons. The second-order valence-corrected chi connectivity index (χ2v) is 5.72. The van der Waals surface area contributed by atoms with E-state index in [4.69, 9.17) is 5.11 Å². The Kier molecular flexibility index (Phi) is 4.44. The monoisotopic (exact) mass is 322 g/mol. The van der Waals surface area contributed by atoms with E-state index in [1.165, 1.54) is 5.56 Å². The van der Waals surface area contributed by atoms with Gasteiger partial charge in [0.1, 0.15) is 0 Å². The van der Waals surface area contributed by atoms with Crippen molar-refractivity contribution in [2.45, 2.75) is 10.6 Å². The van der Waals surface area contributed by atoms with Crippen molar-refractivity contribution in [1.29, 1.82) is 0 Å². The lowest BCUT2D eigenvalue weighted by atomic mass is 10.2. The number of benzene rings is 2. The summed E-state index contributed by atoms with van der Waals surface area (Å²) in [4.78, 5) is 11.9. The van der Waals surface area contributed by atoms with E-state index in [1.54, 1.807) is 23.9 Å². The molecule has 0 unspecified atom stereocenters. The lowest BCUT2D eigenvalue weighted by molar-refractivity contribution is 0.0696. The minimum absolute atomic E-state index is 0.305. The first kappa shape index (κ1) is 13.2. The molecule has 0 amide bonds.